The molecule has 0 aliphatic carbocycles. The van der Waals surface area contributed by atoms with Gasteiger partial charge in [-0.15, -0.1) is 0 Å². The van der Waals surface area contributed by atoms with Gasteiger partial charge >= 0.3 is 17.5 Å². The minimum atomic E-state index is -0.919. The number of hydrogen-bond acceptors (Lipinski definition) is 5. The van der Waals surface area contributed by atoms with Gasteiger partial charge in [-0.1, -0.05) is 0 Å². The highest BCUT2D eigenvalue weighted by Crippen LogP contribution is 2.16. The van der Waals surface area contributed by atoms with Crippen molar-refractivity contribution in [3.63, 3.8) is 0 Å². The first kappa shape index (κ1) is 9.66. The van der Waals surface area contributed by atoms with Crippen LogP contribution >= 0.6 is 0 Å². The SMILES string of the molecule is Cn1c(C(N)=O)nc([N+](=O)[O-])c1C#N. The number of aromatic nitrogens is 2. The second-order valence-electron chi connectivity index (χ2n) is 2.40. The monoisotopic (exact) mass is 195 g/mol. The number of carbonyl (C=O) groups excluding carboxylic acids is 1. The largest absolute Gasteiger partial charge is 0.401 e. The van der Waals surface area contributed by atoms with E-state index in [1.807, 2.05) is 0 Å². The van der Waals surface area contributed by atoms with E-state index in [0.717, 1.165) is 4.57 Å². The Balaban J connectivity index is 3.49. The molecular formula is C6H5N5O3. The first-order valence-corrected chi connectivity index (χ1v) is 3.40. The van der Waals surface area contributed by atoms with Crippen LogP contribution in [0.1, 0.15) is 16.3 Å². The van der Waals surface area contributed by atoms with Gasteiger partial charge in [-0.25, -0.2) is 0 Å². The number of nitriles is 1. The number of amides is 1. The van der Waals surface area contributed by atoms with Gasteiger partial charge in [-0.2, -0.15) is 5.26 Å². The highest BCUT2D eigenvalue weighted by atomic mass is 16.6. The van der Waals surface area contributed by atoms with Crippen molar-refractivity contribution in [2.75, 3.05) is 0 Å². The van der Waals surface area contributed by atoms with Crippen LogP contribution in [-0.2, 0) is 7.05 Å². The maximum absolute atomic E-state index is 10.7. The van der Waals surface area contributed by atoms with E-state index in [1.54, 1.807) is 6.07 Å². The molecule has 1 amide bonds. The van der Waals surface area contributed by atoms with E-state index in [9.17, 15) is 14.9 Å². The molecule has 0 atom stereocenters. The Morgan fingerprint density at radius 2 is 2.36 bits per heavy atom. The van der Waals surface area contributed by atoms with Gasteiger partial charge in [0.1, 0.15) is 6.07 Å². The molecule has 0 bridgehead atoms. The summed E-state index contributed by atoms with van der Waals surface area (Å²) in [6.45, 7) is 0. The van der Waals surface area contributed by atoms with Gasteiger partial charge in [-0.3, -0.25) is 9.36 Å². The van der Waals surface area contributed by atoms with Crippen LogP contribution in [-0.4, -0.2) is 20.4 Å². The number of hydrogen-bond donors (Lipinski definition) is 1. The zero-order chi connectivity index (χ0) is 10.9. The Morgan fingerprint density at radius 3 is 2.64 bits per heavy atom. The summed E-state index contributed by atoms with van der Waals surface area (Å²) in [5.41, 5.74) is 4.60. The highest BCUT2D eigenvalue weighted by Gasteiger charge is 2.28. The fourth-order valence-electron chi connectivity index (χ4n) is 0.957. The van der Waals surface area contributed by atoms with E-state index in [1.165, 1.54) is 7.05 Å². The first-order valence-electron chi connectivity index (χ1n) is 3.40. The van der Waals surface area contributed by atoms with Crippen molar-refractivity contribution in [1.29, 1.82) is 5.26 Å². The maximum Gasteiger partial charge on any atom is 0.401 e. The molecule has 0 spiro atoms. The van der Waals surface area contributed by atoms with E-state index < -0.39 is 16.6 Å². The van der Waals surface area contributed by atoms with E-state index in [4.69, 9.17) is 11.0 Å². The minimum Gasteiger partial charge on any atom is -0.361 e. The molecule has 0 aromatic carbocycles. The van der Waals surface area contributed by atoms with Gasteiger partial charge in [0.25, 0.3) is 0 Å². The van der Waals surface area contributed by atoms with Crippen LogP contribution in [0.25, 0.3) is 0 Å². The number of primary amides is 1. The smallest absolute Gasteiger partial charge is 0.361 e. The summed E-state index contributed by atoms with van der Waals surface area (Å²) in [6, 6.07) is 1.57. The summed E-state index contributed by atoms with van der Waals surface area (Å²) in [5, 5.41) is 19.0. The molecule has 0 saturated carbocycles. The van der Waals surface area contributed by atoms with Crippen molar-refractivity contribution in [2.45, 2.75) is 0 Å². The Morgan fingerprint density at radius 1 is 1.79 bits per heavy atom. The Kier molecular flexibility index (Phi) is 2.16. The van der Waals surface area contributed by atoms with Crippen molar-refractivity contribution in [2.24, 2.45) is 12.8 Å². The third kappa shape index (κ3) is 1.27. The minimum absolute atomic E-state index is 0.302. The lowest BCUT2D eigenvalue weighted by Crippen LogP contribution is -2.16. The van der Waals surface area contributed by atoms with E-state index in [0.29, 0.717) is 0 Å². The van der Waals surface area contributed by atoms with Crippen molar-refractivity contribution in [3.05, 3.63) is 21.6 Å². The van der Waals surface area contributed by atoms with Gasteiger partial charge in [0, 0.05) is 7.05 Å². The quantitative estimate of drug-likeness (QED) is 0.492. The molecule has 0 aliphatic heterocycles. The van der Waals surface area contributed by atoms with Crippen LogP contribution in [0.5, 0.6) is 0 Å². The first-order chi connectivity index (χ1) is 6.49. The Labute approximate surface area is 77.7 Å². The molecule has 1 aromatic heterocycles. The molecule has 14 heavy (non-hydrogen) atoms. The lowest BCUT2D eigenvalue weighted by Gasteiger charge is -1.91. The van der Waals surface area contributed by atoms with Gasteiger partial charge in [0.15, 0.2) is 0 Å². The molecule has 1 aromatic rings. The fraction of sp³-hybridized carbons (Fsp3) is 0.167. The number of nitrogens with two attached hydrogens (primary N) is 1. The summed E-state index contributed by atoms with van der Waals surface area (Å²) < 4.78 is 0.987. The summed E-state index contributed by atoms with van der Waals surface area (Å²) in [7, 11) is 1.30. The average molecular weight is 195 g/mol. The molecule has 2 N–H and O–H groups in total. The van der Waals surface area contributed by atoms with E-state index in [2.05, 4.69) is 4.98 Å². The Hall–Kier alpha value is -2.43. The van der Waals surface area contributed by atoms with Crippen LogP contribution < -0.4 is 5.73 Å². The lowest BCUT2D eigenvalue weighted by atomic mass is 10.5. The molecule has 8 nitrogen and oxygen atoms in total. The van der Waals surface area contributed by atoms with Crippen LogP contribution in [0, 0.1) is 21.4 Å². The lowest BCUT2D eigenvalue weighted by molar-refractivity contribution is -0.389. The van der Waals surface area contributed by atoms with E-state index >= 15 is 0 Å². The molecular weight excluding hydrogens is 190 g/mol. The van der Waals surface area contributed by atoms with Crippen molar-refractivity contribution >= 4 is 11.7 Å². The third-order valence-corrected chi connectivity index (χ3v) is 1.58. The maximum atomic E-state index is 10.7. The highest BCUT2D eigenvalue weighted by molar-refractivity contribution is 5.90. The molecule has 1 heterocycles. The summed E-state index contributed by atoms with van der Waals surface area (Å²) >= 11 is 0. The van der Waals surface area contributed by atoms with Gasteiger partial charge < -0.3 is 15.8 Å². The predicted molar refractivity (Wildman–Crippen MR) is 43.1 cm³/mol. The number of nitrogens with zero attached hydrogens (tertiary/aromatic N) is 4. The van der Waals surface area contributed by atoms with Gasteiger partial charge in [0.2, 0.25) is 5.69 Å². The molecule has 8 heteroatoms. The number of nitro groups is 1. The second kappa shape index (κ2) is 3.14. The molecule has 1 rings (SSSR count). The molecule has 0 unspecified atom stereocenters. The van der Waals surface area contributed by atoms with Gasteiger partial charge in [0.05, 0.1) is 0 Å². The number of rotatable bonds is 2. The molecule has 0 fully saturated rings. The number of imidazole rings is 1. The third-order valence-electron chi connectivity index (χ3n) is 1.58. The molecule has 0 aliphatic rings. The van der Waals surface area contributed by atoms with Gasteiger partial charge in [-0.05, 0) is 9.91 Å². The normalized spacial score (nSPS) is 9.43. The standard InChI is InChI=1S/C6H5N5O3/c1-10-3(2-7)5(11(13)14)9-6(10)4(8)12/h1H3,(H2,8,12). The average Bonchev–Trinajstić information content (AvgIpc) is 2.42. The van der Waals surface area contributed by atoms with E-state index in [-0.39, 0.29) is 11.5 Å². The van der Waals surface area contributed by atoms with Crippen molar-refractivity contribution in [1.82, 2.24) is 9.55 Å². The second-order valence-corrected chi connectivity index (χ2v) is 2.40. The summed E-state index contributed by atoms with van der Waals surface area (Å²) in [5.74, 6) is -1.89. The van der Waals surface area contributed by atoms with Crippen LogP contribution in [0.2, 0.25) is 0 Å². The van der Waals surface area contributed by atoms with Crippen LogP contribution in [0.15, 0.2) is 0 Å². The van der Waals surface area contributed by atoms with Crippen molar-refractivity contribution < 1.29 is 9.72 Å². The summed E-state index contributed by atoms with van der Waals surface area (Å²) in [4.78, 5) is 23.6. The zero-order valence-corrected chi connectivity index (χ0v) is 7.09. The predicted octanol–water partition coefficient (Wildman–Crippen LogP) is -0.701. The number of carbonyl (C=O) groups is 1. The Bertz CT molecular complexity index is 455. The zero-order valence-electron chi connectivity index (χ0n) is 7.09. The van der Waals surface area contributed by atoms with Crippen molar-refractivity contribution in [3.8, 4) is 6.07 Å². The molecule has 72 valence electrons. The molecule has 0 saturated heterocycles. The van der Waals surface area contributed by atoms with Crippen LogP contribution in [0.3, 0.4) is 0 Å². The van der Waals surface area contributed by atoms with Crippen LogP contribution in [0.4, 0.5) is 5.82 Å². The molecule has 0 radical (unpaired) electrons. The topological polar surface area (TPSA) is 128 Å². The summed E-state index contributed by atoms with van der Waals surface area (Å²) in [6.07, 6.45) is 0. The fourth-order valence-corrected chi connectivity index (χ4v) is 0.957.